The van der Waals surface area contributed by atoms with Crippen LogP contribution in [0.25, 0.3) is 10.9 Å². The standard InChI is InChI=1S/C27H29N3O3/c1-19-6-4-5-7-25(19)29-27(31)30(18-20-8-10-22(32-2)11-9-20)15-14-21-17-28-26-13-12-23(33-3)16-24(21)26/h4-13,16-17,28H,14-15,18H2,1-3H3,(H,29,31). The maximum Gasteiger partial charge on any atom is 0.322 e. The summed E-state index contributed by atoms with van der Waals surface area (Å²) in [4.78, 5) is 18.4. The Balaban J connectivity index is 1.55. The Morgan fingerprint density at radius 2 is 1.70 bits per heavy atom. The van der Waals surface area contributed by atoms with E-state index >= 15 is 0 Å². The highest BCUT2D eigenvalue weighted by Gasteiger charge is 2.16. The number of nitrogens with zero attached hydrogens (tertiary/aromatic N) is 1. The van der Waals surface area contributed by atoms with Gasteiger partial charge in [0, 0.05) is 35.9 Å². The zero-order chi connectivity index (χ0) is 23.2. The molecule has 6 heteroatoms. The number of carbonyl (C=O) groups excluding carboxylic acids is 1. The van der Waals surface area contributed by atoms with E-state index in [2.05, 4.69) is 10.3 Å². The van der Waals surface area contributed by atoms with E-state index in [1.165, 1.54) is 0 Å². The van der Waals surface area contributed by atoms with Gasteiger partial charge in [0.1, 0.15) is 11.5 Å². The molecular weight excluding hydrogens is 414 g/mol. The van der Waals surface area contributed by atoms with E-state index in [1.807, 2.05) is 84.8 Å². The van der Waals surface area contributed by atoms with E-state index in [1.54, 1.807) is 14.2 Å². The molecule has 0 spiro atoms. The lowest BCUT2D eigenvalue weighted by Gasteiger charge is -2.24. The summed E-state index contributed by atoms with van der Waals surface area (Å²) < 4.78 is 10.7. The van der Waals surface area contributed by atoms with Gasteiger partial charge in [-0.05, 0) is 66.4 Å². The number of amides is 2. The number of hydrogen-bond donors (Lipinski definition) is 2. The molecule has 0 atom stereocenters. The van der Waals surface area contributed by atoms with Crippen LogP contribution in [-0.2, 0) is 13.0 Å². The first-order valence-corrected chi connectivity index (χ1v) is 11.0. The Labute approximate surface area is 194 Å². The summed E-state index contributed by atoms with van der Waals surface area (Å²) in [6.07, 6.45) is 2.72. The molecule has 1 aromatic heterocycles. The molecule has 0 saturated carbocycles. The second-order valence-corrected chi connectivity index (χ2v) is 7.99. The highest BCUT2D eigenvalue weighted by atomic mass is 16.5. The van der Waals surface area contributed by atoms with Gasteiger partial charge in [-0.3, -0.25) is 0 Å². The fourth-order valence-electron chi connectivity index (χ4n) is 3.86. The van der Waals surface area contributed by atoms with Crippen molar-refractivity contribution in [1.82, 2.24) is 9.88 Å². The van der Waals surface area contributed by atoms with E-state index in [9.17, 15) is 4.79 Å². The minimum Gasteiger partial charge on any atom is -0.497 e. The fraction of sp³-hybridized carbons (Fsp3) is 0.222. The number of aromatic nitrogens is 1. The minimum absolute atomic E-state index is 0.127. The molecule has 2 amide bonds. The Bertz CT molecular complexity index is 1230. The van der Waals surface area contributed by atoms with Gasteiger partial charge in [0.25, 0.3) is 0 Å². The SMILES string of the molecule is COc1ccc(CN(CCc2c[nH]c3ccc(OC)cc23)C(=O)Nc2ccccc2C)cc1. The van der Waals surface area contributed by atoms with Crippen LogP contribution in [-0.4, -0.2) is 36.7 Å². The van der Waals surface area contributed by atoms with E-state index in [4.69, 9.17) is 9.47 Å². The quantitative estimate of drug-likeness (QED) is 0.363. The number of carbonyl (C=O) groups is 1. The number of methoxy groups -OCH3 is 2. The van der Waals surface area contributed by atoms with Crippen molar-refractivity contribution in [3.63, 3.8) is 0 Å². The lowest BCUT2D eigenvalue weighted by molar-refractivity contribution is 0.210. The molecule has 4 aromatic rings. The van der Waals surface area contributed by atoms with Crippen molar-refractivity contribution in [3.8, 4) is 11.5 Å². The number of fused-ring (bicyclic) bond motifs is 1. The normalized spacial score (nSPS) is 10.8. The van der Waals surface area contributed by atoms with E-state index in [-0.39, 0.29) is 6.03 Å². The van der Waals surface area contributed by atoms with Gasteiger partial charge in [-0.1, -0.05) is 30.3 Å². The molecule has 0 aliphatic rings. The van der Waals surface area contributed by atoms with Crippen LogP contribution in [0, 0.1) is 6.92 Å². The lowest BCUT2D eigenvalue weighted by Crippen LogP contribution is -2.36. The zero-order valence-electron chi connectivity index (χ0n) is 19.2. The van der Waals surface area contributed by atoms with Crippen molar-refractivity contribution < 1.29 is 14.3 Å². The molecular formula is C27H29N3O3. The van der Waals surface area contributed by atoms with Crippen LogP contribution >= 0.6 is 0 Å². The van der Waals surface area contributed by atoms with Crippen molar-refractivity contribution in [2.24, 2.45) is 0 Å². The Kier molecular flexibility index (Phi) is 6.83. The number of rotatable bonds is 8. The predicted octanol–water partition coefficient (Wildman–Crippen LogP) is 5.77. The molecule has 0 saturated heterocycles. The van der Waals surface area contributed by atoms with Gasteiger partial charge in [-0.2, -0.15) is 0 Å². The topological polar surface area (TPSA) is 66.6 Å². The summed E-state index contributed by atoms with van der Waals surface area (Å²) in [5.41, 5.74) is 5.08. The van der Waals surface area contributed by atoms with Gasteiger partial charge in [0.05, 0.1) is 14.2 Å². The fourth-order valence-corrected chi connectivity index (χ4v) is 3.86. The van der Waals surface area contributed by atoms with Gasteiger partial charge in [-0.25, -0.2) is 4.79 Å². The zero-order valence-corrected chi connectivity index (χ0v) is 19.2. The van der Waals surface area contributed by atoms with Crippen LogP contribution in [0.15, 0.2) is 72.9 Å². The number of aromatic amines is 1. The van der Waals surface area contributed by atoms with Crippen molar-refractivity contribution >= 4 is 22.6 Å². The highest BCUT2D eigenvalue weighted by Crippen LogP contribution is 2.24. The Morgan fingerprint density at radius 1 is 0.970 bits per heavy atom. The van der Waals surface area contributed by atoms with Gasteiger partial charge in [0.2, 0.25) is 0 Å². The van der Waals surface area contributed by atoms with Gasteiger partial charge < -0.3 is 24.7 Å². The number of para-hydroxylation sites is 1. The number of anilines is 1. The first-order chi connectivity index (χ1) is 16.1. The van der Waals surface area contributed by atoms with E-state index < -0.39 is 0 Å². The molecule has 2 N–H and O–H groups in total. The first kappa shape index (κ1) is 22.3. The second-order valence-electron chi connectivity index (χ2n) is 7.99. The van der Waals surface area contributed by atoms with Crippen molar-refractivity contribution in [1.29, 1.82) is 0 Å². The molecule has 170 valence electrons. The average Bonchev–Trinajstić information content (AvgIpc) is 3.25. The number of benzene rings is 3. The summed E-state index contributed by atoms with van der Waals surface area (Å²) in [6, 6.07) is 21.5. The minimum atomic E-state index is -0.127. The molecule has 6 nitrogen and oxygen atoms in total. The lowest BCUT2D eigenvalue weighted by atomic mass is 10.1. The Hall–Kier alpha value is -3.93. The summed E-state index contributed by atoms with van der Waals surface area (Å²) in [5.74, 6) is 1.61. The van der Waals surface area contributed by atoms with E-state index in [0.29, 0.717) is 19.5 Å². The Morgan fingerprint density at radius 3 is 2.42 bits per heavy atom. The van der Waals surface area contributed by atoms with Crippen LogP contribution in [0.4, 0.5) is 10.5 Å². The average molecular weight is 444 g/mol. The first-order valence-electron chi connectivity index (χ1n) is 11.0. The molecule has 0 unspecified atom stereocenters. The van der Waals surface area contributed by atoms with Crippen LogP contribution in [0.2, 0.25) is 0 Å². The molecule has 1 heterocycles. The summed E-state index contributed by atoms with van der Waals surface area (Å²) in [6.45, 7) is 3.05. The van der Waals surface area contributed by atoms with Crippen LogP contribution < -0.4 is 14.8 Å². The van der Waals surface area contributed by atoms with E-state index in [0.717, 1.165) is 44.8 Å². The monoisotopic (exact) mass is 443 g/mol. The highest BCUT2D eigenvalue weighted by molar-refractivity contribution is 5.90. The molecule has 0 bridgehead atoms. The van der Waals surface area contributed by atoms with Crippen LogP contribution in [0.1, 0.15) is 16.7 Å². The number of nitrogens with one attached hydrogen (secondary N) is 2. The van der Waals surface area contributed by atoms with Crippen LogP contribution in [0.5, 0.6) is 11.5 Å². The van der Waals surface area contributed by atoms with Gasteiger partial charge in [0.15, 0.2) is 0 Å². The second kappa shape index (κ2) is 10.1. The number of ether oxygens (including phenoxy) is 2. The van der Waals surface area contributed by atoms with Crippen molar-refractivity contribution in [2.75, 3.05) is 26.1 Å². The maximum absolute atomic E-state index is 13.3. The number of hydrogen-bond acceptors (Lipinski definition) is 3. The molecule has 0 aliphatic carbocycles. The molecule has 0 radical (unpaired) electrons. The molecule has 3 aromatic carbocycles. The third-order valence-electron chi connectivity index (χ3n) is 5.83. The predicted molar refractivity (Wildman–Crippen MR) is 132 cm³/mol. The third kappa shape index (κ3) is 5.29. The van der Waals surface area contributed by atoms with Gasteiger partial charge >= 0.3 is 6.03 Å². The van der Waals surface area contributed by atoms with Crippen molar-refractivity contribution in [3.05, 3.63) is 89.6 Å². The third-order valence-corrected chi connectivity index (χ3v) is 5.83. The summed E-state index contributed by atoms with van der Waals surface area (Å²) in [7, 11) is 3.31. The number of aryl methyl sites for hydroxylation is 1. The van der Waals surface area contributed by atoms with Crippen LogP contribution in [0.3, 0.4) is 0 Å². The largest absolute Gasteiger partial charge is 0.497 e. The molecule has 4 rings (SSSR count). The summed E-state index contributed by atoms with van der Waals surface area (Å²) in [5, 5.41) is 4.18. The number of H-pyrrole nitrogens is 1. The smallest absolute Gasteiger partial charge is 0.322 e. The molecule has 0 aliphatic heterocycles. The maximum atomic E-state index is 13.3. The molecule has 33 heavy (non-hydrogen) atoms. The van der Waals surface area contributed by atoms with Crippen molar-refractivity contribution in [2.45, 2.75) is 19.9 Å². The van der Waals surface area contributed by atoms with Gasteiger partial charge in [-0.15, -0.1) is 0 Å². The summed E-state index contributed by atoms with van der Waals surface area (Å²) >= 11 is 0. The number of urea groups is 1. The molecule has 0 fully saturated rings.